The Bertz CT molecular complexity index is 953. The summed E-state index contributed by atoms with van der Waals surface area (Å²) in [6, 6.07) is 1.89. The van der Waals surface area contributed by atoms with Gasteiger partial charge in [-0.3, -0.25) is 9.89 Å². The molecular formula is C20H26ClN7O. The van der Waals surface area contributed by atoms with E-state index in [9.17, 15) is 4.79 Å². The van der Waals surface area contributed by atoms with Crippen LogP contribution in [-0.4, -0.2) is 57.2 Å². The number of aromatic nitrogens is 4. The van der Waals surface area contributed by atoms with Gasteiger partial charge in [0.25, 0.3) is 0 Å². The summed E-state index contributed by atoms with van der Waals surface area (Å²) in [4.78, 5) is 25.9. The maximum Gasteiger partial charge on any atom is 0.230 e. The molecule has 5 rings (SSSR count). The number of rotatable bonds is 4. The molecule has 0 aromatic carbocycles. The quantitative estimate of drug-likeness (QED) is 0.797. The minimum Gasteiger partial charge on any atom is -0.354 e. The van der Waals surface area contributed by atoms with E-state index < -0.39 is 0 Å². The molecule has 4 heterocycles. The van der Waals surface area contributed by atoms with Gasteiger partial charge in [-0.05, 0) is 19.8 Å². The number of nitrogens with zero attached hydrogens (tertiary/aromatic N) is 5. The van der Waals surface area contributed by atoms with Gasteiger partial charge in [-0.2, -0.15) is 10.1 Å². The SMILES string of the molecule is Cc1cc(Nc2ncc(Cl)c(N3C[C@]4(C)CN(C(=O)C5CC5)C[C@]4(C)C3)n2)n[nH]1. The first kappa shape index (κ1) is 18.7. The number of fused-ring (bicyclic) bond motifs is 1. The number of hydrogen-bond donors (Lipinski definition) is 2. The summed E-state index contributed by atoms with van der Waals surface area (Å²) in [6.45, 7) is 9.74. The molecule has 1 saturated carbocycles. The number of amides is 1. The van der Waals surface area contributed by atoms with Gasteiger partial charge in [0.15, 0.2) is 11.6 Å². The number of anilines is 3. The predicted octanol–water partition coefficient (Wildman–Crippen LogP) is 2.99. The van der Waals surface area contributed by atoms with E-state index >= 15 is 0 Å². The van der Waals surface area contributed by atoms with E-state index in [1.54, 1.807) is 6.20 Å². The lowest BCUT2D eigenvalue weighted by Gasteiger charge is -2.29. The average molecular weight is 416 g/mol. The number of nitrogens with one attached hydrogen (secondary N) is 2. The van der Waals surface area contributed by atoms with Gasteiger partial charge in [-0.25, -0.2) is 4.98 Å². The van der Waals surface area contributed by atoms with Crippen molar-refractivity contribution in [1.29, 1.82) is 0 Å². The molecule has 2 aromatic heterocycles. The fourth-order valence-electron chi connectivity index (χ4n) is 4.79. The highest BCUT2D eigenvalue weighted by Crippen LogP contribution is 2.53. The Kier molecular flexibility index (Phi) is 4.07. The summed E-state index contributed by atoms with van der Waals surface area (Å²) in [5, 5.41) is 10.7. The second-order valence-electron chi connectivity index (χ2n) is 9.37. The molecular weight excluding hydrogens is 390 g/mol. The van der Waals surface area contributed by atoms with E-state index in [-0.39, 0.29) is 16.7 Å². The van der Waals surface area contributed by atoms with Crippen LogP contribution in [0.2, 0.25) is 5.02 Å². The molecule has 3 fully saturated rings. The van der Waals surface area contributed by atoms with Gasteiger partial charge in [0.05, 0.1) is 6.20 Å². The molecule has 0 unspecified atom stereocenters. The number of H-pyrrole nitrogens is 1. The highest BCUT2D eigenvalue weighted by Gasteiger charge is 2.59. The lowest BCUT2D eigenvalue weighted by Crippen LogP contribution is -2.36. The van der Waals surface area contributed by atoms with Gasteiger partial charge in [0, 0.05) is 54.7 Å². The summed E-state index contributed by atoms with van der Waals surface area (Å²) in [5.41, 5.74) is 0.984. The van der Waals surface area contributed by atoms with Gasteiger partial charge in [-0.1, -0.05) is 25.4 Å². The van der Waals surface area contributed by atoms with E-state index in [0.717, 1.165) is 50.5 Å². The van der Waals surface area contributed by atoms with E-state index in [2.05, 4.69) is 49.1 Å². The molecule has 8 nitrogen and oxygen atoms in total. The molecule has 2 atom stereocenters. The molecule has 1 aliphatic carbocycles. The number of carbonyl (C=O) groups excluding carboxylic acids is 1. The molecule has 2 saturated heterocycles. The van der Waals surface area contributed by atoms with Crippen LogP contribution in [0, 0.1) is 23.7 Å². The van der Waals surface area contributed by atoms with Crippen molar-refractivity contribution in [3.8, 4) is 0 Å². The van der Waals surface area contributed by atoms with Gasteiger partial charge in [0.1, 0.15) is 5.02 Å². The van der Waals surface area contributed by atoms with Gasteiger partial charge in [-0.15, -0.1) is 0 Å². The van der Waals surface area contributed by atoms with Gasteiger partial charge in [0.2, 0.25) is 11.9 Å². The van der Waals surface area contributed by atoms with Crippen LogP contribution in [0.25, 0.3) is 0 Å². The minimum atomic E-state index is 0.0126. The molecule has 0 spiro atoms. The van der Waals surface area contributed by atoms with Crippen molar-refractivity contribution >= 4 is 35.1 Å². The second kappa shape index (κ2) is 6.32. The summed E-state index contributed by atoms with van der Waals surface area (Å²) in [5.74, 6) is 2.48. The summed E-state index contributed by atoms with van der Waals surface area (Å²) in [6.07, 6.45) is 3.74. The minimum absolute atomic E-state index is 0.0126. The van der Waals surface area contributed by atoms with Crippen LogP contribution in [0.5, 0.6) is 0 Å². The fourth-order valence-corrected chi connectivity index (χ4v) is 5.00. The standard InChI is InChI=1S/C20H26ClN7O/c1-12-6-15(26-25-12)23-18-22-7-14(21)16(24-18)27-8-19(2)10-28(11-20(19,3)9-27)17(29)13-4-5-13/h6-7,13H,4-5,8-11H2,1-3H3,(H2,22,23,24,25,26)/t19-,20+. The highest BCUT2D eigenvalue weighted by molar-refractivity contribution is 6.32. The Balaban J connectivity index is 1.36. The number of hydrogen-bond acceptors (Lipinski definition) is 6. The van der Waals surface area contributed by atoms with Crippen molar-refractivity contribution in [2.24, 2.45) is 16.7 Å². The Morgan fingerprint density at radius 3 is 2.52 bits per heavy atom. The van der Waals surface area contributed by atoms with Gasteiger partial charge < -0.3 is 15.1 Å². The van der Waals surface area contributed by atoms with Crippen molar-refractivity contribution in [1.82, 2.24) is 25.1 Å². The first-order valence-corrected chi connectivity index (χ1v) is 10.5. The molecule has 154 valence electrons. The zero-order valence-corrected chi connectivity index (χ0v) is 17.8. The van der Waals surface area contributed by atoms with Crippen molar-refractivity contribution < 1.29 is 4.79 Å². The monoisotopic (exact) mass is 415 g/mol. The lowest BCUT2D eigenvalue weighted by molar-refractivity contribution is -0.132. The van der Waals surface area contributed by atoms with Crippen LogP contribution in [-0.2, 0) is 4.79 Å². The van der Waals surface area contributed by atoms with Crippen LogP contribution in [0.4, 0.5) is 17.6 Å². The van der Waals surface area contributed by atoms with E-state index in [4.69, 9.17) is 11.6 Å². The van der Waals surface area contributed by atoms with E-state index in [0.29, 0.717) is 22.7 Å². The largest absolute Gasteiger partial charge is 0.354 e. The lowest BCUT2D eigenvalue weighted by atomic mass is 9.71. The number of likely N-dealkylation sites (tertiary alicyclic amines) is 1. The first-order chi connectivity index (χ1) is 13.8. The fraction of sp³-hybridized carbons (Fsp3) is 0.600. The van der Waals surface area contributed by atoms with Crippen LogP contribution < -0.4 is 10.2 Å². The van der Waals surface area contributed by atoms with Crippen LogP contribution in [0.15, 0.2) is 12.3 Å². The summed E-state index contributed by atoms with van der Waals surface area (Å²) >= 11 is 6.48. The zero-order valence-electron chi connectivity index (χ0n) is 17.0. The van der Waals surface area contributed by atoms with E-state index in [1.165, 1.54) is 0 Å². The maximum absolute atomic E-state index is 12.6. The highest BCUT2D eigenvalue weighted by atomic mass is 35.5. The van der Waals surface area contributed by atoms with Crippen molar-refractivity contribution in [2.75, 3.05) is 36.4 Å². The Hall–Kier alpha value is -2.35. The van der Waals surface area contributed by atoms with Crippen LogP contribution >= 0.6 is 11.6 Å². The summed E-state index contributed by atoms with van der Waals surface area (Å²) in [7, 11) is 0. The Labute approximate surface area is 175 Å². The smallest absolute Gasteiger partial charge is 0.230 e. The molecule has 3 aliphatic rings. The molecule has 9 heteroatoms. The molecule has 2 aliphatic heterocycles. The molecule has 29 heavy (non-hydrogen) atoms. The topological polar surface area (TPSA) is 90.0 Å². The van der Waals surface area contributed by atoms with Crippen molar-refractivity contribution in [2.45, 2.75) is 33.6 Å². The molecule has 1 amide bonds. The van der Waals surface area contributed by atoms with Crippen LogP contribution in [0.3, 0.4) is 0 Å². The molecule has 2 aromatic rings. The number of aromatic amines is 1. The Morgan fingerprint density at radius 1 is 1.24 bits per heavy atom. The Morgan fingerprint density at radius 2 is 1.93 bits per heavy atom. The van der Waals surface area contributed by atoms with E-state index in [1.807, 2.05) is 13.0 Å². The molecule has 0 radical (unpaired) electrons. The maximum atomic E-state index is 12.6. The third kappa shape index (κ3) is 3.13. The normalized spacial score (nSPS) is 28.7. The molecule has 0 bridgehead atoms. The summed E-state index contributed by atoms with van der Waals surface area (Å²) < 4.78 is 0. The number of aryl methyl sites for hydroxylation is 1. The first-order valence-electron chi connectivity index (χ1n) is 10.1. The number of carbonyl (C=O) groups is 1. The van der Waals surface area contributed by atoms with Crippen molar-refractivity contribution in [3.05, 3.63) is 23.0 Å². The van der Waals surface area contributed by atoms with Crippen molar-refractivity contribution in [3.63, 3.8) is 0 Å². The van der Waals surface area contributed by atoms with Crippen LogP contribution in [0.1, 0.15) is 32.4 Å². The second-order valence-corrected chi connectivity index (χ2v) is 9.78. The van der Waals surface area contributed by atoms with Gasteiger partial charge >= 0.3 is 0 Å². The third-order valence-electron chi connectivity index (χ3n) is 6.83. The average Bonchev–Trinajstić information content (AvgIpc) is 3.31. The third-order valence-corrected chi connectivity index (χ3v) is 7.09. The predicted molar refractivity (Wildman–Crippen MR) is 111 cm³/mol. The molecule has 2 N–H and O–H groups in total. The zero-order chi connectivity index (χ0) is 20.4. The number of halogens is 1.